The maximum absolute atomic E-state index is 12.4. The Morgan fingerprint density at radius 1 is 0.897 bits per heavy atom. The second-order valence-electron chi connectivity index (χ2n) is 6.60. The highest BCUT2D eigenvalue weighted by Crippen LogP contribution is 2.18. The molecule has 3 aromatic carbocycles. The lowest BCUT2D eigenvalue weighted by atomic mass is 10.2. The first-order chi connectivity index (χ1) is 14.0. The van der Waals surface area contributed by atoms with Gasteiger partial charge in [0.2, 0.25) is 11.8 Å². The van der Waals surface area contributed by atoms with Crippen molar-refractivity contribution < 1.29 is 14.3 Å². The van der Waals surface area contributed by atoms with Crippen LogP contribution in [0.4, 0.5) is 11.4 Å². The van der Waals surface area contributed by atoms with Gasteiger partial charge in [0.15, 0.2) is 0 Å². The Morgan fingerprint density at radius 2 is 1.52 bits per heavy atom. The number of hydrogen-bond donors (Lipinski definition) is 3. The monoisotopic (exact) mass is 389 g/mol. The van der Waals surface area contributed by atoms with E-state index in [0.29, 0.717) is 17.9 Å². The van der Waals surface area contributed by atoms with Crippen LogP contribution in [0.5, 0.6) is 5.75 Å². The van der Waals surface area contributed by atoms with Gasteiger partial charge in [-0.15, -0.1) is 0 Å². The van der Waals surface area contributed by atoms with Crippen molar-refractivity contribution in [1.29, 1.82) is 0 Å². The number of amides is 2. The number of nitrogens with two attached hydrogens (primary N) is 1. The van der Waals surface area contributed by atoms with Gasteiger partial charge in [0.05, 0.1) is 0 Å². The van der Waals surface area contributed by atoms with Crippen molar-refractivity contribution in [3.05, 3.63) is 90.0 Å². The molecule has 0 heterocycles. The molecule has 0 fully saturated rings. The summed E-state index contributed by atoms with van der Waals surface area (Å²) in [6, 6.07) is 23.3. The number of benzene rings is 3. The molecule has 29 heavy (non-hydrogen) atoms. The van der Waals surface area contributed by atoms with Crippen LogP contribution in [-0.4, -0.2) is 17.9 Å². The molecule has 0 bridgehead atoms. The predicted octanol–water partition coefficient (Wildman–Crippen LogP) is 3.80. The lowest BCUT2D eigenvalue weighted by Gasteiger charge is -2.16. The minimum atomic E-state index is -0.487. The third-order valence-corrected chi connectivity index (χ3v) is 4.32. The standard InChI is InChI=1S/C23H23N3O3/c1-16(25-19-9-7-18(8-10-19)22(24)27)23(28)26-20-11-13-21(14-12-20)29-15-17-5-3-2-4-6-17/h2-14,16,25H,15H2,1H3,(H2,24,27)(H,26,28)/t16-/m0/s1. The summed E-state index contributed by atoms with van der Waals surface area (Å²) in [6.07, 6.45) is 0. The van der Waals surface area contributed by atoms with Gasteiger partial charge in [0, 0.05) is 16.9 Å². The van der Waals surface area contributed by atoms with E-state index in [1.165, 1.54) is 0 Å². The molecule has 6 heteroatoms. The van der Waals surface area contributed by atoms with Crippen molar-refractivity contribution in [3.8, 4) is 5.75 Å². The molecule has 4 N–H and O–H groups in total. The second kappa shape index (κ2) is 9.41. The van der Waals surface area contributed by atoms with Crippen molar-refractivity contribution in [2.75, 3.05) is 10.6 Å². The van der Waals surface area contributed by atoms with Crippen molar-refractivity contribution in [1.82, 2.24) is 0 Å². The van der Waals surface area contributed by atoms with Crippen LogP contribution >= 0.6 is 0 Å². The molecular weight excluding hydrogens is 366 g/mol. The third-order valence-electron chi connectivity index (χ3n) is 4.32. The van der Waals surface area contributed by atoms with Crippen LogP contribution in [0.1, 0.15) is 22.8 Å². The van der Waals surface area contributed by atoms with Crippen LogP contribution in [0.25, 0.3) is 0 Å². The van der Waals surface area contributed by atoms with E-state index in [2.05, 4.69) is 10.6 Å². The first-order valence-corrected chi connectivity index (χ1v) is 9.25. The Kier molecular flexibility index (Phi) is 6.47. The summed E-state index contributed by atoms with van der Waals surface area (Å²) in [7, 11) is 0. The molecule has 0 aliphatic rings. The molecule has 3 aromatic rings. The van der Waals surface area contributed by atoms with E-state index >= 15 is 0 Å². The summed E-state index contributed by atoms with van der Waals surface area (Å²) in [5.74, 6) is 0.0630. The number of rotatable bonds is 8. The number of anilines is 2. The molecule has 0 saturated heterocycles. The highest BCUT2D eigenvalue weighted by atomic mass is 16.5. The van der Waals surface area contributed by atoms with Gasteiger partial charge in [-0.1, -0.05) is 30.3 Å². The van der Waals surface area contributed by atoms with Crippen LogP contribution < -0.4 is 21.1 Å². The molecule has 0 aliphatic carbocycles. The zero-order valence-corrected chi connectivity index (χ0v) is 16.1. The SMILES string of the molecule is C[C@H](Nc1ccc(C(N)=O)cc1)C(=O)Nc1ccc(OCc2ccccc2)cc1. The number of ether oxygens (including phenoxy) is 1. The first-order valence-electron chi connectivity index (χ1n) is 9.25. The lowest BCUT2D eigenvalue weighted by Crippen LogP contribution is -2.31. The number of hydrogen-bond acceptors (Lipinski definition) is 4. The van der Waals surface area contributed by atoms with Gasteiger partial charge in [-0.3, -0.25) is 9.59 Å². The summed E-state index contributed by atoms with van der Waals surface area (Å²) in [4.78, 5) is 23.5. The van der Waals surface area contributed by atoms with Crippen LogP contribution in [0.2, 0.25) is 0 Å². The van der Waals surface area contributed by atoms with E-state index < -0.39 is 11.9 Å². The quantitative estimate of drug-likeness (QED) is 0.546. The maximum atomic E-state index is 12.4. The van der Waals surface area contributed by atoms with Gasteiger partial charge in [0.1, 0.15) is 18.4 Å². The number of carbonyl (C=O) groups is 2. The average Bonchev–Trinajstić information content (AvgIpc) is 2.74. The van der Waals surface area contributed by atoms with E-state index in [0.717, 1.165) is 17.0 Å². The molecule has 2 amide bonds. The minimum Gasteiger partial charge on any atom is -0.489 e. The molecule has 0 saturated carbocycles. The molecule has 1 atom stereocenters. The fourth-order valence-corrected chi connectivity index (χ4v) is 2.67. The van der Waals surface area contributed by atoms with Gasteiger partial charge in [-0.2, -0.15) is 0 Å². The predicted molar refractivity (Wildman–Crippen MR) is 114 cm³/mol. The molecule has 3 rings (SSSR count). The minimum absolute atomic E-state index is 0.179. The van der Waals surface area contributed by atoms with Crippen LogP contribution in [0, 0.1) is 0 Å². The van der Waals surface area contributed by atoms with Gasteiger partial charge >= 0.3 is 0 Å². The van der Waals surface area contributed by atoms with Gasteiger partial charge in [-0.25, -0.2) is 0 Å². The van der Waals surface area contributed by atoms with Crippen molar-refractivity contribution in [2.24, 2.45) is 5.73 Å². The second-order valence-corrected chi connectivity index (χ2v) is 6.60. The Hall–Kier alpha value is -3.80. The lowest BCUT2D eigenvalue weighted by molar-refractivity contribution is -0.116. The smallest absolute Gasteiger partial charge is 0.248 e. The summed E-state index contributed by atoms with van der Waals surface area (Å²) in [5.41, 5.74) is 8.14. The van der Waals surface area contributed by atoms with E-state index in [4.69, 9.17) is 10.5 Å². The Balaban J connectivity index is 1.51. The molecule has 0 aliphatic heterocycles. The highest BCUT2D eigenvalue weighted by molar-refractivity contribution is 5.96. The largest absolute Gasteiger partial charge is 0.489 e. The van der Waals surface area contributed by atoms with E-state index in [1.807, 2.05) is 42.5 Å². The van der Waals surface area contributed by atoms with Crippen LogP contribution in [0.15, 0.2) is 78.9 Å². The third kappa shape index (κ3) is 5.84. The molecular formula is C23H23N3O3. The Morgan fingerprint density at radius 3 is 2.14 bits per heavy atom. The van der Waals surface area contributed by atoms with Gasteiger partial charge in [-0.05, 0) is 61.0 Å². The van der Waals surface area contributed by atoms with Crippen molar-refractivity contribution in [2.45, 2.75) is 19.6 Å². The van der Waals surface area contributed by atoms with E-state index in [-0.39, 0.29) is 5.91 Å². The average molecular weight is 389 g/mol. The maximum Gasteiger partial charge on any atom is 0.248 e. The normalized spacial score (nSPS) is 11.3. The molecule has 6 nitrogen and oxygen atoms in total. The highest BCUT2D eigenvalue weighted by Gasteiger charge is 2.13. The number of carbonyl (C=O) groups excluding carboxylic acids is 2. The topological polar surface area (TPSA) is 93.5 Å². The fourth-order valence-electron chi connectivity index (χ4n) is 2.67. The van der Waals surface area contributed by atoms with E-state index in [1.54, 1.807) is 43.3 Å². The van der Waals surface area contributed by atoms with E-state index in [9.17, 15) is 9.59 Å². The Bertz CT molecular complexity index is 955. The van der Waals surface area contributed by atoms with Crippen LogP contribution in [0.3, 0.4) is 0 Å². The number of nitrogens with one attached hydrogen (secondary N) is 2. The molecule has 0 radical (unpaired) electrons. The fraction of sp³-hybridized carbons (Fsp3) is 0.130. The molecule has 0 aromatic heterocycles. The van der Waals surface area contributed by atoms with Crippen molar-refractivity contribution in [3.63, 3.8) is 0 Å². The summed E-state index contributed by atoms with van der Waals surface area (Å²) in [5, 5.41) is 5.95. The van der Waals surface area contributed by atoms with Gasteiger partial charge in [0.25, 0.3) is 0 Å². The first kappa shape index (κ1) is 19.9. The van der Waals surface area contributed by atoms with Crippen molar-refractivity contribution >= 4 is 23.2 Å². The molecule has 148 valence electrons. The summed E-state index contributed by atoms with van der Waals surface area (Å²) >= 11 is 0. The zero-order chi connectivity index (χ0) is 20.6. The summed E-state index contributed by atoms with van der Waals surface area (Å²) < 4.78 is 5.75. The Labute approximate surface area is 169 Å². The molecule has 0 spiro atoms. The number of primary amides is 1. The summed E-state index contributed by atoms with van der Waals surface area (Å²) in [6.45, 7) is 2.25. The molecule has 0 unspecified atom stereocenters. The zero-order valence-electron chi connectivity index (χ0n) is 16.1. The van der Waals surface area contributed by atoms with Crippen LogP contribution in [-0.2, 0) is 11.4 Å². The van der Waals surface area contributed by atoms with Gasteiger partial charge < -0.3 is 21.1 Å².